The Morgan fingerprint density at radius 1 is 1.16 bits per heavy atom. The number of nitrogens with zero attached hydrogens (tertiary/aromatic N) is 4. The van der Waals surface area contributed by atoms with E-state index in [0.717, 1.165) is 55.9 Å². The summed E-state index contributed by atoms with van der Waals surface area (Å²) in [4.78, 5) is 7.73. The van der Waals surface area contributed by atoms with Crippen LogP contribution < -0.4 is 10.6 Å². The Labute approximate surface area is 228 Å². The summed E-state index contributed by atoms with van der Waals surface area (Å²) in [5.74, 6) is 1.32. The van der Waals surface area contributed by atoms with E-state index in [2.05, 4.69) is 45.2 Å². The van der Waals surface area contributed by atoms with Crippen LogP contribution in [-0.2, 0) is 4.74 Å². The zero-order chi connectivity index (χ0) is 25.9. The quantitative estimate of drug-likeness (QED) is 0.424. The minimum Gasteiger partial charge on any atom is -0.343 e. The molecule has 0 amide bonds. The van der Waals surface area contributed by atoms with Gasteiger partial charge in [0.2, 0.25) is 0 Å². The number of rotatable bonds is 7. The topological polar surface area (TPSA) is 78.1 Å². The first kappa shape index (κ1) is 26.4. The number of nitriles is 1. The predicted molar refractivity (Wildman–Crippen MR) is 148 cm³/mol. The summed E-state index contributed by atoms with van der Waals surface area (Å²) >= 11 is 12.6. The summed E-state index contributed by atoms with van der Waals surface area (Å²) in [6.45, 7) is 8.04. The number of hydrogen-bond acceptors (Lipinski definition) is 6. The van der Waals surface area contributed by atoms with E-state index < -0.39 is 0 Å². The van der Waals surface area contributed by atoms with Crippen molar-refractivity contribution < 1.29 is 4.74 Å². The summed E-state index contributed by atoms with van der Waals surface area (Å²) in [5.41, 5.74) is 3.19. The van der Waals surface area contributed by atoms with Gasteiger partial charge in [-0.2, -0.15) is 5.26 Å². The second-order valence-corrected chi connectivity index (χ2v) is 10.8. The Balaban J connectivity index is 1.51. The lowest BCUT2D eigenvalue weighted by molar-refractivity contribution is 0.0317. The van der Waals surface area contributed by atoms with Crippen molar-refractivity contribution in [2.75, 3.05) is 32.8 Å². The Bertz CT molecular complexity index is 1270. The third-order valence-electron chi connectivity index (χ3n) is 7.87. The minimum atomic E-state index is -0.309. The van der Waals surface area contributed by atoms with E-state index in [0.29, 0.717) is 16.0 Å². The number of nitrogens with one attached hydrogen (secondary N) is 2. The minimum absolute atomic E-state index is 0.0352. The molecule has 5 unspecified atom stereocenters. The van der Waals surface area contributed by atoms with Gasteiger partial charge in [0.25, 0.3) is 0 Å². The molecule has 3 aromatic rings. The van der Waals surface area contributed by atoms with Crippen LogP contribution in [0.3, 0.4) is 0 Å². The second kappa shape index (κ2) is 11.7. The Morgan fingerprint density at radius 2 is 2.00 bits per heavy atom. The van der Waals surface area contributed by atoms with Crippen LogP contribution in [0, 0.1) is 11.3 Å². The average molecular weight is 542 g/mol. The third kappa shape index (κ3) is 5.37. The third-order valence-corrected chi connectivity index (χ3v) is 8.60. The summed E-state index contributed by atoms with van der Waals surface area (Å²) in [6, 6.07) is 16.9. The van der Waals surface area contributed by atoms with Crippen molar-refractivity contribution in [3.05, 3.63) is 63.9 Å². The van der Waals surface area contributed by atoms with Crippen molar-refractivity contribution in [3.8, 4) is 6.07 Å². The molecule has 0 aliphatic carbocycles. The zero-order valence-corrected chi connectivity index (χ0v) is 22.8. The number of benzene rings is 2. The van der Waals surface area contributed by atoms with Crippen molar-refractivity contribution >= 4 is 34.2 Å². The van der Waals surface area contributed by atoms with E-state index in [4.69, 9.17) is 38.2 Å². The van der Waals surface area contributed by atoms with Gasteiger partial charge >= 0.3 is 0 Å². The molecule has 196 valence electrons. The first-order chi connectivity index (χ1) is 18.0. The summed E-state index contributed by atoms with van der Waals surface area (Å²) in [6.07, 6.45) is 1.81. The largest absolute Gasteiger partial charge is 0.343 e. The normalized spacial score (nSPS) is 24.6. The standard InChI is InChI=1S/C28H34Cl2N6O/c1-18(27-21(10-13-33-27)20-8-9-22(29)23(30)16-20)35-14-5-12-32-17-26(35)28-34-24-6-3-4-7-25(24)36(28)19(2)37-15-11-31/h3-4,6-9,16,18-19,21,26-27,32-33H,5,10,12-15,17H2,1-2H3. The fourth-order valence-corrected chi connectivity index (χ4v) is 6.40. The smallest absolute Gasteiger partial charge is 0.136 e. The van der Waals surface area contributed by atoms with Gasteiger partial charge in [0.15, 0.2) is 0 Å². The highest BCUT2D eigenvalue weighted by molar-refractivity contribution is 6.42. The molecule has 2 saturated heterocycles. The Morgan fingerprint density at radius 3 is 2.81 bits per heavy atom. The van der Waals surface area contributed by atoms with Crippen LogP contribution in [0.25, 0.3) is 11.0 Å². The fraction of sp³-hybridized carbons (Fsp3) is 0.500. The van der Waals surface area contributed by atoms with Crippen LogP contribution in [0.1, 0.15) is 56.3 Å². The highest BCUT2D eigenvalue weighted by Gasteiger charge is 2.39. The van der Waals surface area contributed by atoms with E-state index in [1.54, 1.807) is 0 Å². The van der Waals surface area contributed by atoms with Crippen LogP contribution in [0.4, 0.5) is 0 Å². The summed E-state index contributed by atoms with van der Waals surface area (Å²) < 4.78 is 8.05. The molecule has 9 heteroatoms. The molecule has 0 bridgehead atoms. The first-order valence-electron chi connectivity index (χ1n) is 13.1. The molecule has 37 heavy (non-hydrogen) atoms. The highest BCUT2D eigenvalue weighted by Crippen LogP contribution is 2.37. The molecule has 2 aliphatic heterocycles. The van der Waals surface area contributed by atoms with Crippen LogP contribution in [0.5, 0.6) is 0 Å². The van der Waals surface area contributed by atoms with Crippen molar-refractivity contribution in [3.63, 3.8) is 0 Å². The van der Waals surface area contributed by atoms with E-state index >= 15 is 0 Å². The van der Waals surface area contributed by atoms with Gasteiger partial charge in [0, 0.05) is 31.1 Å². The van der Waals surface area contributed by atoms with Crippen LogP contribution >= 0.6 is 23.2 Å². The van der Waals surface area contributed by atoms with Crippen molar-refractivity contribution in [2.24, 2.45) is 0 Å². The van der Waals surface area contributed by atoms with Crippen molar-refractivity contribution in [1.82, 2.24) is 25.1 Å². The van der Waals surface area contributed by atoms with E-state index in [9.17, 15) is 0 Å². The number of fused-ring (bicyclic) bond motifs is 1. The molecule has 2 N–H and O–H groups in total. The summed E-state index contributed by atoms with van der Waals surface area (Å²) in [5, 5.41) is 17.8. The van der Waals surface area contributed by atoms with Gasteiger partial charge in [0.1, 0.15) is 18.7 Å². The molecule has 0 radical (unpaired) electrons. The molecule has 0 spiro atoms. The number of halogens is 2. The number of para-hydroxylation sites is 2. The van der Waals surface area contributed by atoms with E-state index in [-0.39, 0.29) is 31.0 Å². The lowest BCUT2D eigenvalue weighted by Crippen LogP contribution is -2.50. The lowest BCUT2D eigenvalue weighted by atomic mass is 9.87. The van der Waals surface area contributed by atoms with Gasteiger partial charge in [-0.1, -0.05) is 41.4 Å². The van der Waals surface area contributed by atoms with Gasteiger partial charge in [0.05, 0.1) is 33.2 Å². The first-order valence-corrected chi connectivity index (χ1v) is 13.9. The molecule has 1 aromatic heterocycles. The maximum Gasteiger partial charge on any atom is 0.136 e. The average Bonchev–Trinajstić information content (AvgIpc) is 3.47. The van der Waals surface area contributed by atoms with E-state index in [1.807, 2.05) is 37.3 Å². The number of aromatic nitrogens is 2. The van der Waals surface area contributed by atoms with Crippen LogP contribution in [-0.4, -0.2) is 59.3 Å². The van der Waals surface area contributed by atoms with Crippen LogP contribution in [0.15, 0.2) is 42.5 Å². The fourth-order valence-electron chi connectivity index (χ4n) is 6.10. The molecule has 5 atom stereocenters. The van der Waals surface area contributed by atoms with Gasteiger partial charge in [-0.3, -0.25) is 9.47 Å². The molecule has 5 rings (SSSR count). The van der Waals surface area contributed by atoms with Gasteiger partial charge in [-0.15, -0.1) is 0 Å². The monoisotopic (exact) mass is 540 g/mol. The lowest BCUT2D eigenvalue weighted by Gasteiger charge is -2.40. The van der Waals surface area contributed by atoms with Gasteiger partial charge in [-0.05, 0) is 69.6 Å². The predicted octanol–water partition coefficient (Wildman–Crippen LogP) is 5.27. The van der Waals surface area contributed by atoms with E-state index in [1.165, 1.54) is 5.56 Å². The van der Waals surface area contributed by atoms with Gasteiger partial charge < -0.3 is 15.4 Å². The molecular weight excluding hydrogens is 507 g/mol. The molecule has 2 aliphatic rings. The number of hydrogen-bond donors (Lipinski definition) is 2. The maximum atomic E-state index is 9.13. The Hall–Kier alpha value is -2.18. The molecule has 0 saturated carbocycles. The highest BCUT2D eigenvalue weighted by atomic mass is 35.5. The molecular formula is C28H34Cl2N6O. The maximum absolute atomic E-state index is 9.13. The SMILES string of the molecule is CC(C1NCCC1c1ccc(Cl)c(Cl)c1)N1CCCNCC1c1nc2ccccc2n1C(C)OCC#N. The second-order valence-electron chi connectivity index (χ2n) is 10.00. The summed E-state index contributed by atoms with van der Waals surface area (Å²) in [7, 11) is 0. The zero-order valence-electron chi connectivity index (χ0n) is 21.3. The Kier molecular flexibility index (Phi) is 8.35. The van der Waals surface area contributed by atoms with Crippen molar-refractivity contribution in [1.29, 1.82) is 5.26 Å². The molecule has 7 nitrogen and oxygen atoms in total. The molecule has 2 aromatic carbocycles. The number of imidazole rings is 1. The molecule has 3 heterocycles. The molecule has 2 fully saturated rings. The van der Waals surface area contributed by atoms with Crippen molar-refractivity contribution in [2.45, 2.75) is 57.0 Å². The number of ether oxygens (including phenoxy) is 1. The van der Waals surface area contributed by atoms with Gasteiger partial charge in [-0.25, -0.2) is 4.98 Å². The van der Waals surface area contributed by atoms with Crippen LogP contribution in [0.2, 0.25) is 10.0 Å².